The SMILES string of the molecule is CCNCCNC(=O)c1ccc(OCc2cscn2)c(OC)c1.Cl.Cl. The van der Waals surface area contributed by atoms with Crippen molar-refractivity contribution in [3.05, 3.63) is 40.3 Å². The fourth-order valence-corrected chi connectivity index (χ4v) is 2.47. The molecule has 1 aromatic carbocycles. The van der Waals surface area contributed by atoms with E-state index in [-0.39, 0.29) is 30.7 Å². The third-order valence-corrected chi connectivity index (χ3v) is 3.76. The lowest BCUT2D eigenvalue weighted by molar-refractivity contribution is 0.0953. The molecule has 0 bridgehead atoms. The maximum absolute atomic E-state index is 12.1. The summed E-state index contributed by atoms with van der Waals surface area (Å²) < 4.78 is 11.0. The molecular formula is C16H23Cl2N3O3S. The molecule has 0 aliphatic carbocycles. The second-order valence-electron chi connectivity index (χ2n) is 4.74. The Morgan fingerprint density at radius 2 is 2.04 bits per heavy atom. The Kier molecular flexibility index (Phi) is 12.0. The van der Waals surface area contributed by atoms with Gasteiger partial charge in [-0.2, -0.15) is 0 Å². The summed E-state index contributed by atoms with van der Waals surface area (Å²) in [7, 11) is 1.55. The monoisotopic (exact) mass is 407 g/mol. The van der Waals surface area contributed by atoms with Crippen LogP contribution in [0.5, 0.6) is 11.5 Å². The molecule has 2 N–H and O–H groups in total. The lowest BCUT2D eigenvalue weighted by Gasteiger charge is -2.12. The number of aromatic nitrogens is 1. The fraction of sp³-hybridized carbons (Fsp3) is 0.375. The van der Waals surface area contributed by atoms with E-state index in [9.17, 15) is 4.79 Å². The van der Waals surface area contributed by atoms with Crippen LogP contribution in [0.3, 0.4) is 0 Å². The first-order chi connectivity index (χ1) is 11.2. The number of methoxy groups -OCH3 is 1. The fourth-order valence-electron chi connectivity index (χ4n) is 1.93. The van der Waals surface area contributed by atoms with Gasteiger partial charge < -0.3 is 20.1 Å². The Labute approximate surface area is 164 Å². The molecule has 1 heterocycles. The van der Waals surface area contributed by atoms with Crippen molar-refractivity contribution in [2.45, 2.75) is 13.5 Å². The summed E-state index contributed by atoms with van der Waals surface area (Å²) in [4.78, 5) is 16.3. The molecule has 0 aliphatic rings. The second-order valence-corrected chi connectivity index (χ2v) is 5.46. The highest BCUT2D eigenvalue weighted by Crippen LogP contribution is 2.28. The van der Waals surface area contributed by atoms with Gasteiger partial charge in [-0.3, -0.25) is 4.79 Å². The quantitative estimate of drug-likeness (QED) is 0.625. The van der Waals surface area contributed by atoms with E-state index in [1.807, 2.05) is 12.3 Å². The Hall–Kier alpha value is -1.54. The number of nitrogens with one attached hydrogen (secondary N) is 2. The molecule has 0 atom stereocenters. The van der Waals surface area contributed by atoms with E-state index in [1.54, 1.807) is 30.8 Å². The lowest BCUT2D eigenvalue weighted by atomic mass is 10.2. The van der Waals surface area contributed by atoms with Gasteiger partial charge in [-0.05, 0) is 24.7 Å². The number of likely N-dealkylation sites (N-methyl/N-ethyl adjacent to an activating group) is 1. The third-order valence-electron chi connectivity index (χ3n) is 3.12. The molecule has 0 saturated carbocycles. The molecule has 1 amide bonds. The maximum Gasteiger partial charge on any atom is 0.251 e. The Morgan fingerprint density at radius 3 is 2.68 bits per heavy atom. The van der Waals surface area contributed by atoms with Crippen molar-refractivity contribution in [2.75, 3.05) is 26.7 Å². The molecule has 6 nitrogen and oxygen atoms in total. The van der Waals surface area contributed by atoms with Crippen molar-refractivity contribution in [3.8, 4) is 11.5 Å². The number of halogens is 2. The van der Waals surface area contributed by atoms with Crippen LogP contribution in [0, 0.1) is 0 Å². The molecule has 0 fully saturated rings. The van der Waals surface area contributed by atoms with E-state index in [4.69, 9.17) is 9.47 Å². The van der Waals surface area contributed by atoms with Crippen molar-refractivity contribution < 1.29 is 14.3 Å². The van der Waals surface area contributed by atoms with E-state index in [2.05, 4.69) is 15.6 Å². The molecule has 0 unspecified atom stereocenters. The third kappa shape index (κ3) is 7.48. The number of hydrogen-bond acceptors (Lipinski definition) is 6. The van der Waals surface area contributed by atoms with Crippen LogP contribution in [-0.4, -0.2) is 37.6 Å². The van der Waals surface area contributed by atoms with Gasteiger partial charge in [-0.15, -0.1) is 36.2 Å². The number of ether oxygens (including phenoxy) is 2. The van der Waals surface area contributed by atoms with E-state index in [0.717, 1.165) is 18.8 Å². The van der Waals surface area contributed by atoms with Crippen molar-refractivity contribution in [1.29, 1.82) is 0 Å². The highest BCUT2D eigenvalue weighted by molar-refractivity contribution is 7.07. The summed E-state index contributed by atoms with van der Waals surface area (Å²) >= 11 is 1.52. The zero-order valence-corrected chi connectivity index (χ0v) is 16.6. The van der Waals surface area contributed by atoms with Crippen molar-refractivity contribution in [3.63, 3.8) is 0 Å². The average molecular weight is 408 g/mol. The number of carbonyl (C=O) groups is 1. The predicted octanol–water partition coefficient (Wildman–Crippen LogP) is 2.91. The summed E-state index contributed by atoms with van der Waals surface area (Å²) in [6.45, 7) is 4.60. The van der Waals surface area contributed by atoms with E-state index in [1.165, 1.54) is 11.3 Å². The number of amides is 1. The Morgan fingerprint density at radius 1 is 1.24 bits per heavy atom. The molecule has 9 heteroatoms. The Balaban J connectivity index is 0.00000288. The normalized spacial score (nSPS) is 9.52. The maximum atomic E-state index is 12.1. The van der Waals surface area contributed by atoms with Crippen LogP contribution < -0.4 is 20.1 Å². The van der Waals surface area contributed by atoms with Gasteiger partial charge in [0.1, 0.15) is 6.61 Å². The topological polar surface area (TPSA) is 72.5 Å². The van der Waals surface area contributed by atoms with Crippen LogP contribution in [0.2, 0.25) is 0 Å². The zero-order valence-electron chi connectivity index (χ0n) is 14.1. The highest BCUT2D eigenvalue weighted by Gasteiger charge is 2.11. The number of thiazole rings is 1. The van der Waals surface area contributed by atoms with Gasteiger partial charge in [0, 0.05) is 24.0 Å². The molecule has 0 saturated heterocycles. The summed E-state index contributed by atoms with van der Waals surface area (Å²) in [5.41, 5.74) is 3.16. The highest BCUT2D eigenvalue weighted by atomic mass is 35.5. The molecule has 0 radical (unpaired) electrons. The molecule has 2 aromatic rings. The van der Waals surface area contributed by atoms with Gasteiger partial charge >= 0.3 is 0 Å². The number of hydrogen-bond donors (Lipinski definition) is 2. The van der Waals surface area contributed by atoms with Gasteiger partial charge in [-0.25, -0.2) is 4.98 Å². The molecule has 0 aliphatic heterocycles. The van der Waals surface area contributed by atoms with Gasteiger partial charge in [0.15, 0.2) is 11.5 Å². The zero-order chi connectivity index (χ0) is 16.5. The summed E-state index contributed by atoms with van der Waals surface area (Å²) in [6, 6.07) is 5.14. The van der Waals surface area contributed by atoms with E-state index in [0.29, 0.717) is 30.2 Å². The van der Waals surface area contributed by atoms with E-state index < -0.39 is 0 Å². The van der Waals surface area contributed by atoms with Crippen molar-refractivity contribution in [2.24, 2.45) is 0 Å². The van der Waals surface area contributed by atoms with Crippen LogP contribution in [-0.2, 0) is 6.61 Å². The largest absolute Gasteiger partial charge is 0.493 e. The van der Waals surface area contributed by atoms with Crippen molar-refractivity contribution >= 4 is 42.1 Å². The number of nitrogens with zero attached hydrogens (tertiary/aromatic N) is 1. The van der Waals surface area contributed by atoms with Crippen LogP contribution >= 0.6 is 36.2 Å². The summed E-state index contributed by atoms with van der Waals surface area (Å²) in [5, 5.41) is 7.93. The predicted molar refractivity (Wildman–Crippen MR) is 105 cm³/mol. The smallest absolute Gasteiger partial charge is 0.251 e. The van der Waals surface area contributed by atoms with Crippen molar-refractivity contribution in [1.82, 2.24) is 15.6 Å². The lowest BCUT2D eigenvalue weighted by Crippen LogP contribution is -2.31. The van der Waals surface area contributed by atoms with Gasteiger partial charge in [-0.1, -0.05) is 6.92 Å². The first-order valence-corrected chi connectivity index (χ1v) is 8.35. The standard InChI is InChI=1S/C16H21N3O3S.2ClH/c1-3-17-6-7-18-16(20)12-4-5-14(15(8-12)21-2)22-9-13-10-23-11-19-13;;/h4-5,8,10-11,17H,3,6-7,9H2,1-2H3,(H,18,20);2*1H. The van der Waals surface area contributed by atoms with Gasteiger partial charge in [0.2, 0.25) is 0 Å². The minimum absolute atomic E-state index is 0. The summed E-state index contributed by atoms with van der Waals surface area (Å²) in [5.74, 6) is 0.983. The molecule has 1 aromatic heterocycles. The summed E-state index contributed by atoms with van der Waals surface area (Å²) in [6.07, 6.45) is 0. The number of carbonyl (C=O) groups excluding carboxylic acids is 1. The minimum Gasteiger partial charge on any atom is -0.493 e. The van der Waals surface area contributed by atoms with Crippen LogP contribution in [0.15, 0.2) is 29.1 Å². The first kappa shape index (κ1) is 23.5. The second kappa shape index (κ2) is 12.8. The minimum atomic E-state index is -0.132. The average Bonchev–Trinajstić information content (AvgIpc) is 3.10. The van der Waals surface area contributed by atoms with Crippen LogP contribution in [0.25, 0.3) is 0 Å². The first-order valence-electron chi connectivity index (χ1n) is 7.41. The Bertz CT molecular complexity index is 627. The number of benzene rings is 1. The molecular weight excluding hydrogens is 385 g/mol. The molecule has 0 spiro atoms. The van der Waals surface area contributed by atoms with Gasteiger partial charge in [0.25, 0.3) is 5.91 Å². The molecule has 140 valence electrons. The van der Waals surface area contributed by atoms with Gasteiger partial charge in [0.05, 0.1) is 18.3 Å². The van der Waals surface area contributed by atoms with Crippen LogP contribution in [0.4, 0.5) is 0 Å². The van der Waals surface area contributed by atoms with Crippen LogP contribution in [0.1, 0.15) is 23.0 Å². The number of rotatable bonds is 9. The molecule has 2 rings (SSSR count). The van der Waals surface area contributed by atoms with E-state index >= 15 is 0 Å². The molecule has 25 heavy (non-hydrogen) atoms.